The second-order valence-electron chi connectivity index (χ2n) is 4.58. The first-order valence-corrected chi connectivity index (χ1v) is 7.62. The molecule has 2 N–H and O–H groups in total. The average Bonchev–Trinajstić information content (AvgIpc) is 2.70. The van der Waals surface area contributed by atoms with Crippen molar-refractivity contribution in [2.75, 3.05) is 25.5 Å². The summed E-state index contributed by atoms with van der Waals surface area (Å²) >= 11 is 0. The van der Waals surface area contributed by atoms with Crippen LogP contribution in [0, 0.1) is 0 Å². The van der Waals surface area contributed by atoms with E-state index in [-0.39, 0.29) is 17.8 Å². The molecule has 0 radical (unpaired) electrons. The van der Waals surface area contributed by atoms with Gasteiger partial charge in [0.1, 0.15) is 0 Å². The summed E-state index contributed by atoms with van der Waals surface area (Å²) in [6.45, 7) is 2.27. The van der Waals surface area contributed by atoms with Crippen molar-refractivity contribution in [2.24, 2.45) is 0 Å². The van der Waals surface area contributed by atoms with E-state index in [4.69, 9.17) is 4.74 Å². The molecule has 1 unspecified atom stereocenters. The molecule has 2 rings (SSSR count). The second kappa shape index (κ2) is 5.44. The minimum absolute atomic E-state index is 0.0696. The highest BCUT2D eigenvalue weighted by atomic mass is 32.2. The maximum atomic E-state index is 11.9. The molecule has 2 aliphatic rings. The second-order valence-corrected chi connectivity index (χ2v) is 6.38. The quantitative estimate of drug-likeness (QED) is 0.725. The fourth-order valence-corrected chi connectivity index (χ4v) is 3.94. The Kier molecular flexibility index (Phi) is 4.18. The Hall–Kier alpha value is -0.170. The molecule has 94 valence electrons. The van der Waals surface area contributed by atoms with Crippen LogP contribution in [0.3, 0.4) is 0 Å². The topological polar surface area (TPSA) is 67.4 Å². The zero-order valence-corrected chi connectivity index (χ0v) is 10.3. The van der Waals surface area contributed by atoms with Gasteiger partial charge in [0, 0.05) is 25.3 Å². The first kappa shape index (κ1) is 12.3. The van der Waals surface area contributed by atoms with Gasteiger partial charge in [0.15, 0.2) is 0 Å². The van der Waals surface area contributed by atoms with E-state index in [2.05, 4.69) is 10.0 Å². The molecule has 1 atom stereocenters. The predicted molar refractivity (Wildman–Crippen MR) is 61.8 cm³/mol. The molecule has 0 spiro atoms. The molecule has 0 aliphatic carbocycles. The molecule has 5 nitrogen and oxygen atoms in total. The molecule has 2 aliphatic heterocycles. The van der Waals surface area contributed by atoms with E-state index in [9.17, 15) is 8.42 Å². The minimum atomic E-state index is -3.13. The van der Waals surface area contributed by atoms with E-state index >= 15 is 0 Å². The van der Waals surface area contributed by atoms with Gasteiger partial charge in [0.2, 0.25) is 10.0 Å². The van der Waals surface area contributed by atoms with E-state index in [1.807, 2.05) is 0 Å². The molecule has 2 heterocycles. The number of hydrogen-bond acceptors (Lipinski definition) is 4. The van der Waals surface area contributed by atoms with Crippen molar-refractivity contribution >= 4 is 10.0 Å². The summed E-state index contributed by atoms with van der Waals surface area (Å²) in [4.78, 5) is 0. The Balaban J connectivity index is 1.81. The first-order chi connectivity index (χ1) is 7.66. The van der Waals surface area contributed by atoms with Crippen LogP contribution in [0.2, 0.25) is 0 Å². The largest absolute Gasteiger partial charge is 0.381 e. The Labute approximate surface area is 97.0 Å². The van der Waals surface area contributed by atoms with Crippen LogP contribution in [0.4, 0.5) is 0 Å². The van der Waals surface area contributed by atoms with Crippen molar-refractivity contribution < 1.29 is 13.2 Å². The Bertz CT molecular complexity index is 306. The standard InChI is InChI=1S/C10H20N2O3S/c13-16(14,8-10-2-1-5-11-10)12-9-3-6-15-7-4-9/h9-12H,1-8H2. The molecule has 0 saturated carbocycles. The van der Waals surface area contributed by atoms with Gasteiger partial charge in [0.05, 0.1) is 5.75 Å². The molecule has 0 aromatic heterocycles. The van der Waals surface area contributed by atoms with Crippen LogP contribution >= 0.6 is 0 Å². The van der Waals surface area contributed by atoms with Gasteiger partial charge in [-0.1, -0.05) is 0 Å². The molecule has 2 saturated heterocycles. The molecule has 16 heavy (non-hydrogen) atoms. The van der Waals surface area contributed by atoms with Gasteiger partial charge in [-0.25, -0.2) is 13.1 Å². The van der Waals surface area contributed by atoms with Crippen molar-refractivity contribution in [1.82, 2.24) is 10.0 Å². The van der Waals surface area contributed by atoms with Crippen LogP contribution in [0.25, 0.3) is 0 Å². The van der Waals surface area contributed by atoms with Crippen molar-refractivity contribution in [3.8, 4) is 0 Å². The van der Waals surface area contributed by atoms with Crippen LogP contribution < -0.4 is 10.0 Å². The van der Waals surface area contributed by atoms with Gasteiger partial charge < -0.3 is 10.1 Å². The number of sulfonamides is 1. The van der Waals surface area contributed by atoms with Crippen LogP contribution in [0.5, 0.6) is 0 Å². The lowest BCUT2D eigenvalue weighted by molar-refractivity contribution is 0.0832. The molecule has 0 amide bonds. The molecule has 6 heteroatoms. The zero-order chi connectivity index (χ0) is 11.4. The summed E-state index contributed by atoms with van der Waals surface area (Å²) in [7, 11) is -3.13. The maximum Gasteiger partial charge on any atom is 0.213 e. The monoisotopic (exact) mass is 248 g/mol. The fourth-order valence-electron chi connectivity index (χ4n) is 2.28. The van der Waals surface area contributed by atoms with Gasteiger partial charge in [-0.05, 0) is 32.2 Å². The van der Waals surface area contributed by atoms with Crippen LogP contribution in [0.15, 0.2) is 0 Å². The highest BCUT2D eigenvalue weighted by molar-refractivity contribution is 7.89. The lowest BCUT2D eigenvalue weighted by atomic mass is 10.1. The van der Waals surface area contributed by atoms with Crippen molar-refractivity contribution in [3.63, 3.8) is 0 Å². The molecular formula is C10H20N2O3S. The number of nitrogens with one attached hydrogen (secondary N) is 2. The van der Waals surface area contributed by atoms with E-state index in [0.717, 1.165) is 32.2 Å². The third-order valence-electron chi connectivity index (χ3n) is 3.15. The van der Waals surface area contributed by atoms with E-state index in [1.165, 1.54) is 0 Å². The number of hydrogen-bond donors (Lipinski definition) is 2. The van der Waals surface area contributed by atoms with Gasteiger partial charge >= 0.3 is 0 Å². The fraction of sp³-hybridized carbons (Fsp3) is 1.00. The van der Waals surface area contributed by atoms with Gasteiger partial charge in [-0.2, -0.15) is 0 Å². The van der Waals surface area contributed by atoms with Crippen LogP contribution in [0.1, 0.15) is 25.7 Å². The molecule has 0 aromatic rings. The molecule has 2 fully saturated rings. The van der Waals surface area contributed by atoms with Crippen molar-refractivity contribution in [1.29, 1.82) is 0 Å². The number of rotatable bonds is 4. The third-order valence-corrected chi connectivity index (χ3v) is 4.68. The first-order valence-electron chi connectivity index (χ1n) is 5.97. The zero-order valence-electron chi connectivity index (χ0n) is 9.44. The van der Waals surface area contributed by atoms with E-state index in [1.54, 1.807) is 0 Å². The van der Waals surface area contributed by atoms with Crippen LogP contribution in [-0.2, 0) is 14.8 Å². The van der Waals surface area contributed by atoms with Crippen molar-refractivity contribution in [3.05, 3.63) is 0 Å². The van der Waals surface area contributed by atoms with Crippen molar-refractivity contribution in [2.45, 2.75) is 37.8 Å². The summed E-state index contributed by atoms with van der Waals surface area (Å²) in [6, 6.07) is 0.206. The summed E-state index contributed by atoms with van der Waals surface area (Å²) in [5.41, 5.74) is 0. The molecular weight excluding hydrogens is 228 g/mol. The maximum absolute atomic E-state index is 11.9. The average molecular weight is 248 g/mol. The summed E-state index contributed by atoms with van der Waals surface area (Å²) in [5.74, 6) is 0.213. The van der Waals surface area contributed by atoms with E-state index < -0.39 is 10.0 Å². The Morgan fingerprint density at radius 2 is 2.00 bits per heavy atom. The predicted octanol–water partition coefficient (Wildman–Crippen LogP) is -0.163. The SMILES string of the molecule is O=S(=O)(CC1CCCN1)NC1CCOCC1. The van der Waals surface area contributed by atoms with Gasteiger partial charge in [-0.15, -0.1) is 0 Å². The molecule has 0 bridgehead atoms. The van der Waals surface area contributed by atoms with Gasteiger partial charge in [0.25, 0.3) is 0 Å². The lowest BCUT2D eigenvalue weighted by Crippen LogP contribution is -2.43. The molecule has 0 aromatic carbocycles. The van der Waals surface area contributed by atoms with E-state index in [0.29, 0.717) is 13.2 Å². The summed E-state index contributed by atoms with van der Waals surface area (Å²) in [6.07, 6.45) is 3.63. The number of ether oxygens (including phenoxy) is 1. The normalized spacial score (nSPS) is 28.4. The smallest absolute Gasteiger partial charge is 0.213 e. The highest BCUT2D eigenvalue weighted by Gasteiger charge is 2.25. The Morgan fingerprint density at radius 3 is 2.62 bits per heavy atom. The highest BCUT2D eigenvalue weighted by Crippen LogP contribution is 2.10. The van der Waals surface area contributed by atoms with Gasteiger partial charge in [-0.3, -0.25) is 0 Å². The summed E-state index contributed by atoms with van der Waals surface area (Å²) < 4.78 is 31.7. The third kappa shape index (κ3) is 3.69. The van der Waals surface area contributed by atoms with Crippen LogP contribution in [-0.4, -0.2) is 46.0 Å². The lowest BCUT2D eigenvalue weighted by Gasteiger charge is -2.23. The summed E-state index contributed by atoms with van der Waals surface area (Å²) in [5, 5.41) is 3.21. The Morgan fingerprint density at radius 1 is 1.25 bits per heavy atom. The minimum Gasteiger partial charge on any atom is -0.381 e.